The number of hydrogen-bond donors (Lipinski definition) is 0. The molecule has 0 aromatic heterocycles. The molecule has 136 valence electrons. The Balaban J connectivity index is 1.92. The van der Waals surface area contributed by atoms with E-state index in [1.165, 1.54) is 14.2 Å². The first-order valence-electron chi connectivity index (χ1n) is 8.14. The molecule has 0 spiro atoms. The van der Waals surface area contributed by atoms with Crippen molar-refractivity contribution in [3.63, 3.8) is 0 Å². The van der Waals surface area contributed by atoms with E-state index in [2.05, 4.69) is 0 Å². The molecule has 1 heterocycles. The summed E-state index contributed by atoms with van der Waals surface area (Å²) < 4.78 is 21.0. The highest BCUT2D eigenvalue weighted by molar-refractivity contribution is 5.94. The zero-order chi connectivity index (χ0) is 18.7. The molecule has 26 heavy (non-hydrogen) atoms. The van der Waals surface area contributed by atoms with Gasteiger partial charge in [-0.15, -0.1) is 0 Å². The van der Waals surface area contributed by atoms with E-state index in [4.69, 9.17) is 18.9 Å². The Morgan fingerprint density at radius 3 is 2.65 bits per heavy atom. The number of benzene rings is 2. The molecule has 0 amide bonds. The molecule has 0 radical (unpaired) electrons. The Bertz CT molecular complexity index is 844. The summed E-state index contributed by atoms with van der Waals surface area (Å²) in [6.45, 7) is 1.93. The second-order valence-corrected chi connectivity index (χ2v) is 6.20. The molecule has 2 aromatic rings. The molecule has 1 aliphatic rings. The number of carbonyl (C=O) groups excluding carboxylic acids is 2. The molecular formula is C20H20O6. The number of fused-ring (bicyclic) bond motifs is 1. The SMILES string of the molecule is COCC(C)(OC)C(=O)Oc1ccccc1-c1ccc2c(c1)COC2=O. The van der Waals surface area contributed by atoms with Gasteiger partial charge in [-0.25, -0.2) is 9.59 Å². The second kappa shape index (κ2) is 7.27. The predicted molar refractivity (Wildman–Crippen MR) is 93.9 cm³/mol. The first-order chi connectivity index (χ1) is 12.5. The predicted octanol–water partition coefficient (Wildman–Crippen LogP) is 2.98. The van der Waals surface area contributed by atoms with E-state index in [9.17, 15) is 9.59 Å². The van der Waals surface area contributed by atoms with Crippen LogP contribution in [0.5, 0.6) is 5.75 Å². The Hall–Kier alpha value is -2.70. The Morgan fingerprint density at radius 2 is 1.92 bits per heavy atom. The van der Waals surface area contributed by atoms with E-state index in [1.807, 2.05) is 24.3 Å². The lowest BCUT2D eigenvalue weighted by Crippen LogP contribution is -2.44. The largest absolute Gasteiger partial charge is 0.457 e. The molecule has 6 nitrogen and oxygen atoms in total. The van der Waals surface area contributed by atoms with Gasteiger partial charge in [0.25, 0.3) is 0 Å². The van der Waals surface area contributed by atoms with Crippen molar-refractivity contribution in [2.24, 2.45) is 0 Å². The first-order valence-corrected chi connectivity index (χ1v) is 8.14. The maximum absolute atomic E-state index is 12.6. The molecule has 1 unspecified atom stereocenters. The molecule has 0 saturated heterocycles. The average molecular weight is 356 g/mol. The Morgan fingerprint density at radius 1 is 1.15 bits per heavy atom. The van der Waals surface area contributed by atoms with Crippen LogP contribution in [0.1, 0.15) is 22.8 Å². The van der Waals surface area contributed by atoms with Gasteiger partial charge >= 0.3 is 11.9 Å². The van der Waals surface area contributed by atoms with Crippen molar-refractivity contribution in [3.05, 3.63) is 53.6 Å². The molecule has 0 fully saturated rings. The Kier molecular flexibility index (Phi) is 5.06. The van der Waals surface area contributed by atoms with Crippen molar-refractivity contribution in [1.29, 1.82) is 0 Å². The van der Waals surface area contributed by atoms with E-state index in [-0.39, 0.29) is 19.2 Å². The topological polar surface area (TPSA) is 71.1 Å². The minimum Gasteiger partial charge on any atom is -0.457 e. The third kappa shape index (κ3) is 3.34. The summed E-state index contributed by atoms with van der Waals surface area (Å²) in [4.78, 5) is 24.2. The highest BCUT2D eigenvalue weighted by Crippen LogP contribution is 2.33. The molecule has 3 rings (SSSR count). The van der Waals surface area contributed by atoms with E-state index >= 15 is 0 Å². The second-order valence-electron chi connectivity index (χ2n) is 6.20. The van der Waals surface area contributed by atoms with Crippen molar-refractivity contribution in [2.45, 2.75) is 19.1 Å². The van der Waals surface area contributed by atoms with E-state index < -0.39 is 11.6 Å². The number of para-hydroxylation sites is 1. The third-order valence-electron chi connectivity index (χ3n) is 4.39. The minimum absolute atomic E-state index is 0.0722. The smallest absolute Gasteiger partial charge is 0.345 e. The summed E-state index contributed by atoms with van der Waals surface area (Å²) in [7, 11) is 2.93. The van der Waals surface area contributed by atoms with E-state index in [1.54, 1.807) is 25.1 Å². The molecule has 0 N–H and O–H groups in total. The van der Waals surface area contributed by atoms with Crippen LogP contribution in [0.4, 0.5) is 0 Å². The van der Waals surface area contributed by atoms with Gasteiger partial charge in [-0.3, -0.25) is 0 Å². The van der Waals surface area contributed by atoms with Gasteiger partial charge in [0.15, 0.2) is 5.60 Å². The summed E-state index contributed by atoms with van der Waals surface area (Å²) in [5.41, 5.74) is 1.74. The lowest BCUT2D eigenvalue weighted by molar-refractivity contribution is -0.162. The number of esters is 2. The summed E-state index contributed by atoms with van der Waals surface area (Å²) in [6, 6.07) is 12.6. The molecule has 0 bridgehead atoms. The normalized spacial score (nSPS) is 15.1. The molecular weight excluding hydrogens is 336 g/mol. The lowest BCUT2D eigenvalue weighted by atomic mass is 9.99. The fraction of sp³-hybridized carbons (Fsp3) is 0.300. The number of rotatable bonds is 6. The fourth-order valence-corrected chi connectivity index (χ4v) is 2.78. The van der Waals surface area contributed by atoms with Crippen LogP contribution in [0.3, 0.4) is 0 Å². The molecule has 2 aromatic carbocycles. The van der Waals surface area contributed by atoms with Crippen LogP contribution in [-0.2, 0) is 25.6 Å². The van der Waals surface area contributed by atoms with Gasteiger partial charge in [-0.1, -0.05) is 24.3 Å². The minimum atomic E-state index is -1.21. The van der Waals surface area contributed by atoms with Gasteiger partial charge in [-0.2, -0.15) is 0 Å². The van der Waals surface area contributed by atoms with E-state index in [0.29, 0.717) is 11.3 Å². The van der Waals surface area contributed by atoms with Gasteiger partial charge in [-0.05, 0) is 30.7 Å². The number of cyclic esters (lactones) is 1. The monoisotopic (exact) mass is 356 g/mol. The van der Waals surface area contributed by atoms with Gasteiger partial charge in [0.05, 0.1) is 12.2 Å². The fourth-order valence-electron chi connectivity index (χ4n) is 2.78. The highest BCUT2D eigenvalue weighted by atomic mass is 16.6. The van der Waals surface area contributed by atoms with Crippen molar-refractivity contribution in [3.8, 4) is 16.9 Å². The molecule has 0 aliphatic carbocycles. The first kappa shape index (κ1) is 18.1. The van der Waals surface area contributed by atoms with Crippen LogP contribution in [-0.4, -0.2) is 38.4 Å². The maximum atomic E-state index is 12.6. The molecule has 6 heteroatoms. The van der Waals surface area contributed by atoms with Crippen LogP contribution < -0.4 is 4.74 Å². The summed E-state index contributed by atoms with van der Waals surface area (Å²) in [6.07, 6.45) is 0. The van der Waals surface area contributed by atoms with Crippen molar-refractivity contribution < 1.29 is 28.5 Å². The zero-order valence-corrected chi connectivity index (χ0v) is 14.9. The zero-order valence-electron chi connectivity index (χ0n) is 14.9. The third-order valence-corrected chi connectivity index (χ3v) is 4.39. The van der Waals surface area contributed by atoms with Crippen molar-refractivity contribution in [1.82, 2.24) is 0 Å². The van der Waals surface area contributed by atoms with Crippen LogP contribution in [0, 0.1) is 0 Å². The quantitative estimate of drug-likeness (QED) is 0.585. The Labute approximate surface area is 151 Å². The van der Waals surface area contributed by atoms with Gasteiger partial charge < -0.3 is 18.9 Å². The van der Waals surface area contributed by atoms with Gasteiger partial charge in [0.1, 0.15) is 12.4 Å². The highest BCUT2D eigenvalue weighted by Gasteiger charge is 2.36. The number of hydrogen-bond acceptors (Lipinski definition) is 6. The number of carbonyl (C=O) groups is 2. The van der Waals surface area contributed by atoms with Gasteiger partial charge in [0, 0.05) is 25.3 Å². The van der Waals surface area contributed by atoms with Gasteiger partial charge in [0.2, 0.25) is 0 Å². The lowest BCUT2D eigenvalue weighted by Gasteiger charge is -2.25. The molecule has 1 atom stereocenters. The van der Waals surface area contributed by atoms with Crippen LogP contribution in [0.15, 0.2) is 42.5 Å². The van der Waals surface area contributed by atoms with Crippen LogP contribution >= 0.6 is 0 Å². The maximum Gasteiger partial charge on any atom is 0.345 e. The summed E-state index contributed by atoms with van der Waals surface area (Å²) in [5.74, 6) is -0.460. The summed E-state index contributed by atoms with van der Waals surface area (Å²) >= 11 is 0. The number of ether oxygens (including phenoxy) is 4. The molecule has 0 saturated carbocycles. The van der Waals surface area contributed by atoms with Crippen LogP contribution in [0.25, 0.3) is 11.1 Å². The van der Waals surface area contributed by atoms with Crippen molar-refractivity contribution in [2.75, 3.05) is 20.8 Å². The number of methoxy groups -OCH3 is 2. The molecule has 1 aliphatic heterocycles. The van der Waals surface area contributed by atoms with Crippen LogP contribution in [0.2, 0.25) is 0 Å². The van der Waals surface area contributed by atoms with Crippen molar-refractivity contribution >= 4 is 11.9 Å². The summed E-state index contributed by atoms with van der Waals surface area (Å²) in [5, 5.41) is 0. The standard InChI is InChI=1S/C20H20O6/c1-20(24-3,12-23-2)19(22)26-17-7-5-4-6-15(17)13-8-9-16-14(10-13)11-25-18(16)21/h4-10H,11-12H2,1-3H3. The van der Waals surface area contributed by atoms with E-state index in [0.717, 1.165) is 16.7 Å². The average Bonchev–Trinajstić information content (AvgIpc) is 3.02.